The van der Waals surface area contributed by atoms with Crippen molar-refractivity contribution in [1.82, 2.24) is 15.8 Å². The van der Waals surface area contributed by atoms with Crippen molar-refractivity contribution in [2.24, 2.45) is 0 Å². The molecule has 0 saturated carbocycles. The molecule has 2 N–H and O–H groups in total. The number of halogens is 1. The minimum atomic E-state index is -0.341. The van der Waals surface area contributed by atoms with E-state index in [4.69, 9.17) is 0 Å². The minimum absolute atomic E-state index is 0.337. The molecule has 0 aliphatic rings. The van der Waals surface area contributed by atoms with Gasteiger partial charge in [0.2, 0.25) is 0 Å². The normalized spacial score (nSPS) is 11.0. The van der Waals surface area contributed by atoms with E-state index < -0.39 is 0 Å². The maximum absolute atomic E-state index is 12.1. The molecular formula is C18H22BrN3O2S. The van der Waals surface area contributed by atoms with Crippen molar-refractivity contribution in [3.8, 4) is 0 Å². The number of thiophene rings is 1. The van der Waals surface area contributed by atoms with E-state index in [1.807, 2.05) is 12.1 Å². The molecule has 134 valence electrons. The summed E-state index contributed by atoms with van der Waals surface area (Å²) in [6.07, 6.45) is 0. The molecular weight excluding hydrogens is 402 g/mol. The number of benzene rings is 1. The fourth-order valence-corrected chi connectivity index (χ4v) is 3.62. The second-order valence-corrected chi connectivity index (χ2v) is 8.33. The van der Waals surface area contributed by atoms with Gasteiger partial charge in [-0.2, -0.15) is 0 Å². The molecule has 7 heteroatoms. The second kappa shape index (κ2) is 9.12. The van der Waals surface area contributed by atoms with Gasteiger partial charge in [0.1, 0.15) is 0 Å². The number of nitrogens with one attached hydrogen (secondary N) is 2. The maximum Gasteiger partial charge on any atom is 0.279 e. The Hall–Kier alpha value is -1.70. The van der Waals surface area contributed by atoms with Gasteiger partial charge in [-0.1, -0.05) is 19.1 Å². The van der Waals surface area contributed by atoms with Gasteiger partial charge < -0.3 is 0 Å². The molecule has 1 aromatic heterocycles. The Balaban J connectivity index is 1.90. The summed E-state index contributed by atoms with van der Waals surface area (Å²) in [5.41, 5.74) is 6.52. The first kappa shape index (κ1) is 19.6. The van der Waals surface area contributed by atoms with Crippen molar-refractivity contribution < 1.29 is 9.59 Å². The number of carbonyl (C=O) groups excluding carboxylic acids is 2. The smallest absolute Gasteiger partial charge is 0.279 e. The van der Waals surface area contributed by atoms with Gasteiger partial charge in [-0.3, -0.25) is 25.3 Å². The van der Waals surface area contributed by atoms with E-state index in [9.17, 15) is 9.59 Å². The fourth-order valence-electron chi connectivity index (χ4n) is 2.34. The molecule has 2 amide bonds. The van der Waals surface area contributed by atoms with Gasteiger partial charge in [0.25, 0.3) is 11.8 Å². The zero-order valence-electron chi connectivity index (χ0n) is 14.5. The first-order valence-corrected chi connectivity index (χ1v) is 9.70. The van der Waals surface area contributed by atoms with Crippen LogP contribution in [0.25, 0.3) is 0 Å². The molecule has 2 rings (SSSR count). The summed E-state index contributed by atoms with van der Waals surface area (Å²) < 4.78 is 0.863. The van der Waals surface area contributed by atoms with Crippen LogP contribution >= 0.6 is 27.3 Å². The monoisotopic (exact) mass is 423 g/mol. The standard InChI is InChI=1S/C18H22BrN3O2S/c1-4-22(12(2)3)11-13-5-7-14(8-6-13)17(23)20-21-18(24)15-9-10-16(19)25-15/h5-10,12H,4,11H2,1-3H3,(H,20,23)(H,21,24). The SMILES string of the molecule is CCN(Cc1ccc(C(=O)NNC(=O)c2ccc(Br)s2)cc1)C(C)C. The average Bonchev–Trinajstić information content (AvgIpc) is 3.04. The summed E-state index contributed by atoms with van der Waals surface area (Å²) in [7, 11) is 0. The Morgan fingerprint density at radius 2 is 1.72 bits per heavy atom. The number of nitrogens with zero attached hydrogens (tertiary/aromatic N) is 1. The Morgan fingerprint density at radius 1 is 1.08 bits per heavy atom. The lowest BCUT2D eigenvalue weighted by atomic mass is 10.1. The molecule has 0 aliphatic carbocycles. The summed E-state index contributed by atoms with van der Waals surface area (Å²) in [6, 6.07) is 11.4. The zero-order chi connectivity index (χ0) is 18.4. The number of rotatable bonds is 6. The average molecular weight is 424 g/mol. The van der Waals surface area contributed by atoms with Gasteiger partial charge in [-0.25, -0.2) is 0 Å². The van der Waals surface area contributed by atoms with E-state index in [1.165, 1.54) is 11.3 Å². The van der Waals surface area contributed by atoms with Crippen LogP contribution in [0.4, 0.5) is 0 Å². The molecule has 2 aromatic rings. The molecule has 0 spiro atoms. The molecule has 25 heavy (non-hydrogen) atoms. The third kappa shape index (κ3) is 5.66. The minimum Gasteiger partial charge on any atom is -0.297 e. The van der Waals surface area contributed by atoms with E-state index in [0.29, 0.717) is 16.5 Å². The van der Waals surface area contributed by atoms with Crippen molar-refractivity contribution in [3.63, 3.8) is 0 Å². The molecule has 1 aromatic carbocycles. The molecule has 0 saturated heterocycles. The number of hydrogen-bond acceptors (Lipinski definition) is 4. The van der Waals surface area contributed by atoms with Crippen molar-refractivity contribution in [1.29, 1.82) is 0 Å². The van der Waals surface area contributed by atoms with Gasteiger partial charge in [0.05, 0.1) is 8.66 Å². The van der Waals surface area contributed by atoms with Crippen LogP contribution in [0.5, 0.6) is 0 Å². The lowest BCUT2D eigenvalue weighted by molar-refractivity contribution is 0.0849. The van der Waals surface area contributed by atoms with E-state index >= 15 is 0 Å². The highest BCUT2D eigenvalue weighted by molar-refractivity contribution is 9.11. The second-order valence-electron chi connectivity index (χ2n) is 5.87. The van der Waals surface area contributed by atoms with E-state index in [2.05, 4.69) is 52.5 Å². The summed E-state index contributed by atoms with van der Waals surface area (Å²) in [5.74, 6) is -0.678. The molecule has 1 heterocycles. The maximum atomic E-state index is 12.1. The predicted octanol–water partition coefficient (Wildman–Crippen LogP) is 3.82. The molecule has 0 radical (unpaired) electrons. The molecule has 0 atom stereocenters. The van der Waals surface area contributed by atoms with Crippen LogP contribution < -0.4 is 10.9 Å². The fraction of sp³-hybridized carbons (Fsp3) is 0.333. The predicted molar refractivity (Wildman–Crippen MR) is 105 cm³/mol. The van der Waals surface area contributed by atoms with Crippen LogP contribution in [0.3, 0.4) is 0 Å². The van der Waals surface area contributed by atoms with Crippen LogP contribution in [-0.4, -0.2) is 29.3 Å². The van der Waals surface area contributed by atoms with E-state index in [1.54, 1.807) is 24.3 Å². The highest BCUT2D eigenvalue weighted by Crippen LogP contribution is 2.21. The van der Waals surface area contributed by atoms with Crippen molar-refractivity contribution in [2.45, 2.75) is 33.4 Å². The van der Waals surface area contributed by atoms with Gasteiger partial charge in [0, 0.05) is 18.2 Å². The number of carbonyl (C=O) groups is 2. The Labute approximate surface area is 160 Å². The van der Waals surface area contributed by atoms with Crippen LogP contribution in [0, 0.1) is 0 Å². The van der Waals surface area contributed by atoms with E-state index in [0.717, 1.165) is 22.4 Å². The highest BCUT2D eigenvalue weighted by atomic mass is 79.9. The lowest BCUT2D eigenvalue weighted by Crippen LogP contribution is -2.41. The van der Waals surface area contributed by atoms with Crippen LogP contribution in [0.1, 0.15) is 46.4 Å². The summed E-state index contributed by atoms with van der Waals surface area (Å²) >= 11 is 4.61. The molecule has 0 unspecified atom stereocenters. The van der Waals surface area contributed by atoms with Crippen molar-refractivity contribution in [2.75, 3.05) is 6.54 Å². The van der Waals surface area contributed by atoms with Crippen molar-refractivity contribution >= 4 is 39.1 Å². The topological polar surface area (TPSA) is 61.4 Å². The van der Waals surface area contributed by atoms with E-state index in [-0.39, 0.29) is 11.8 Å². The van der Waals surface area contributed by atoms with Gasteiger partial charge in [0.15, 0.2) is 0 Å². The lowest BCUT2D eigenvalue weighted by Gasteiger charge is -2.24. The third-order valence-electron chi connectivity index (χ3n) is 3.82. The summed E-state index contributed by atoms with van der Waals surface area (Å²) in [4.78, 5) is 26.9. The molecule has 0 bridgehead atoms. The molecule has 0 fully saturated rings. The largest absolute Gasteiger partial charge is 0.297 e. The first-order chi connectivity index (χ1) is 11.9. The third-order valence-corrected chi connectivity index (χ3v) is 5.45. The Morgan fingerprint density at radius 3 is 2.24 bits per heavy atom. The van der Waals surface area contributed by atoms with Crippen LogP contribution in [0.15, 0.2) is 40.2 Å². The number of hydrazine groups is 1. The van der Waals surface area contributed by atoms with Gasteiger partial charge in [-0.15, -0.1) is 11.3 Å². The number of hydrogen-bond donors (Lipinski definition) is 2. The zero-order valence-corrected chi connectivity index (χ0v) is 16.9. The quantitative estimate of drug-likeness (QED) is 0.694. The first-order valence-electron chi connectivity index (χ1n) is 8.09. The summed E-state index contributed by atoms with van der Waals surface area (Å²) in [6.45, 7) is 8.29. The van der Waals surface area contributed by atoms with Gasteiger partial charge >= 0.3 is 0 Å². The number of amides is 2. The van der Waals surface area contributed by atoms with Crippen LogP contribution in [0.2, 0.25) is 0 Å². The molecule has 0 aliphatic heterocycles. The summed E-state index contributed by atoms with van der Waals surface area (Å²) in [5, 5.41) is 0. The Kier molecular flexibility index (Phi) is 7.16. The van der Waals surface area contributed by atoms with Gasteiger partial charge in [-0.05, 0) is 66.2 Å². The van der Waals surface area contributed by atoms with Crippen LogP contribution in [-0.2, 0) is 6.54 Å². The van der Waals surface area contributed by atoms with Crippen molar-refractivity contribution in [3.05, 3.63) is 56.2 Å². The Bertz CT molecular complexity index is 728. The highest BCUT2D eigenvalue weighted by Gasteiger charge is 2.12. The molecule has 5 nitrogen and oxygen atoms in total.